The first-order chi connectivity index (χ1) is 13.2. The third-order valence-electron chi connectivity index (χ3n) is 6.73. The van der Waals surface area contributed by atoms with Crippen LogP contribution in [-0.2, 0) is 11.2 Å². The molecule has 5 nitrogen and oxygen atoms in total. The number of likely N-dealkylation sites (N-methyl/N-ethyl adjacent to an activating group) is 1. The Bertz CT molecular complexity index is 643. The minimum atomic E-state index is 0.282. The third-order valence-corrected chi connectivity index (χ3v) is 6.73. The summed E-state index contributed by atoms with van der Waals surface area (Å²) in [6.07, 6.45) is 11.4. The van der Waals surface area contributed by atoms with E-state index in [9.17, 15) is 4.79 Å². The van der Waals surface area contributed by atoms with Crippen molar-refractivity contribution in [2.45, 2.75) is 63.5 Å². The quantitative estimate of drug-likeness (QED) is 0.885. The third kappa shape index (κ3) is 4.35. The van der Waals surface area contributed by atoms with Gasteiger partial charge in [-0.3, -0.25) is 14.7 Å². The molecular weight excluding hydrogens is 336 g/mol. The first-order valence-corrected chi connectivity index (χ1v) is 10.9. The van der Waals surface area contributed by atoms with Gasteiger partial charge in [0.1, 0.15) is 0 Å². The number of hydrogen-bond donors (Lipinski definition) is 1. The van der Waals surface area contributed by atoms with E-state index in [0.717, 1.165) is 45.4 Å². The van der Waals surface area contributed by atoms with Crippen LogP contribution in [0, 0.1) is 5.92 Å². The van der Waals surface area contributed by atoms with E-state index >= 15 is 0 Å². The Kier molecular flexibility index (Phi) is 6.08. The Labute approximate surface area is 163 Å². The molecule has 2 atom stereocenters. The number of fused-ring (bicyclic) bond motifs is 1. The van der Waals surface area contributed by atoms with E-state index in [1.54, 1.807) is 0 Å². The van der Waals surface area contributed by atoms with Crippen LogP contribution in [0.4, 0.5) is 0 Å². The molecule has 27 heavy (non-hydrogen) atoms. The molecule has 1 aliphatic heterocycles. The molecule has 1 saturated carbocycles. The fourth-order valence-electron chi connectivity index (χ4n) is 5.24. The van der Waals surface area contributed by atoms with E-state index in [-0.39, 0.29) is 5.92 Å². The Morgan fingerprint density at radius 2 is 2.11 bits per heavy atom. The van der Waals surface area contributed by atoms with Gasteiger partial charge in [0.2, 0.25) is 5.91 Å². The highest BCUT2D eigenvalue weighted by Gasteiger charge is 2.32. The second-order valence-electron chi connectivity index (χ2n) is 8.67. The molecule has 2 heterocycles. The van der Waals surface area contributed by atoms with Crippen molar-refractivity contribution < 1.29 is 4.79 Å². The molecule has 5 heteroatoms. The molecule has 0 aromatic carbocycles. The molecule has 2 aliphatic carbocycles. The summed E-state index contributed by atoms with van der Waals surface area (Å²) in [5.74, 6) is 0.693. The van der Waals surface area contributed by atoms with Gasteiger partial charge in [-0.25, -0.2) is 0 Å². The van der Waals surface area contributed by atoms with Crippen LogP contribution in [0.2, 0.25) is 0 Å². The Hall–Kier alpha value is -1.46. The number of aromatic nitrogens is 1. The van der Waals surface area contributed by atoms with E-state index < -0.39 is 0 Å². The van der Waals surface area contributed by atoms with Crippen molar-refractivity contribution in [3.63, 3.8) is 0 Å². The number of aryl methyl sites for hydroxylation is 1. The summed E-state index contributed by atoms with van der Waals surface area (Å²) >= 11 is 0. The predicted octanol–water partition coefficient (Wildman–Crippen LogP) is 2.77. The van der Waals surface area contributed by atoms with Crippen molar-refractivity contribution in [2.24, 2.45) is 5.92 Å². The summed E-state index contributed by atoms with van der Waals surface area (Å²) in [5, 5.41) is 3.64. The van der Waals surface area contributed by atoms with Crippen LogP contribution < -0.4 is 5.32 Å². The molecule has 1 aromatic rings. The molecule has 1 amide bonds. The van der Waals surface area contributed by atoms with Gasteiger partial charge in [-0.2, -0.15) is 0 Å². The number of pyridine rings is 1. The fraction of sp³-hybridized carbons (Fsp3) is 0.727. The Balaban J connectivity index is 1.36. The monoisotopic (exact) mass is 370 g/mol. The Morgan fingerprint density at radius 1 is 1.26 bits per heavy atom. The average Bonchev–Trinajstić information content (AvgIpc) is 2.73. The van der Waals surface area contributed by atoms with Gasteiger partial charge in [0.25, 0.3) is 0 Å². The average molecular weight is 371 g/mol. The van der Waals surface area contributed by atoms with Crippen molar-refractivity contribution in [3.05, 3.63) is 29.6 Å². The first-order valence-electron chi connectivity index (χ1n) is 10.9. The van der Waals surface area contributed by atoms with Gasteiger partial charge in [0.15, 0.2) is 0 Å². The van der Waals surface area contributed by atoms with E-state index in [4.69, 9.17) is 4.98 Å². The smallest absolute Gasteiger partial charge is 0.225 e. The molecule has 2 fully saturated rings. The number of amides is 1. The first kappa shape index (κ1) is 18.9. The van der Waals surface area contributed by atoms with Gasteiger partial charge in [0.05, 0.1) is 11.7 Å². The second-order valence-corrected chi connectivity index (χ2v) is 8.67. The van der Waals surface area contributed by atoms with E-state index in [1.165, 1.54) is 43.4 Å². The predicted molar refractivity (Wildman–Crippen MR) is 107 cm³/mol. The van der Waals surface area contributed by atoms with Crippen LogP contribution in [0.5, 0.6) is 0 Å². The zero-order chi connectivity index (χ0) is 18.6. The van der Waals surface area contributed by atoms with Crippen LogP contribution in [0.3, 0.4) is 0 Å². The highest BCUT2D eigenvalue weighted by Crippen LogP contribution is 2.32. The lowest BCUT2D eigenvalue weighted by molar-refractivity contribution is -0.137. The lowest BCUT2D eigenvalue weighted by atomic mass is 9.88. The molecule has 0 spiro atoms. The van der Waals surface area contributed by atoms with E-state index in [2.05, 4.69) is 34.3 Å². The number of piperazine rings is 1. The molecular formula is C22H34N4O. The zero-order valence-electron chi connectivity index (χ0n) is 16.7. The Morgan fingerprint density at radius 3 is 2.96 bits per heavy atom. The minimum Gasteiger partial charge on any atom is -0.340 e. The van der Waals surface area contributed by atoms with Crippen LogP contribution in [0.25, 0.3) is 0 Å². The zero-order valence-corrected chi connectivity index (χ0v) is 16.7. The van der Waals surface area contributed by atoms with Gasteiger partial charge in [-0.15, -0.1) is 0 Å². The lowest BCUT2D eigenvalue weighted by Crippen LogP contribution is -2.57. The van der Waals surface area contributed by atoms with E-state index in [1.807, 2.05) is 6.20 Å². The number of nitrogens with zero attached hydrogens (tertiary/aromatic N) is 3. The summed E-state index contributed by atoms with van der Waals surface area (Å²) < 4.78 is 0. The van der Waals surface area contributed by atoms with Crippen LogP contribution >= 0.6 is 0 Å². The van der Waals surface area contributed by atoms with Crippen LogP contribution in [0.1, 0.15) is 62.2 Å². The van der Waals surface area contributed by atoms with Gasteiger partial charge >= 0.3 is 0 Å². The highest BCUT2D eigenvalue weighted by molar-refractivity contribution is 5.79. The summed E-state index contributed by atoms with van der Waals surface area (Å²) in [6, 6.07) is 5.04. The molecule has 1 N–H and O–H groups in total. The lowest BCUT2D eigenvalue weighted by Gasteiger charge is -2.40. The van der Waals surface area contributed by atoms with Gasteiger partial charge < -0.3 is 10.2 Å². The molecule has 4 rings (SSSR count). The molecule has 0 radical (unpaired) electrons. The van der Waals surface area contributed by atoms with Crippen molar-refractivity contribution in [1.29, 1.82) is 0 Å². The number of carbonyl (C=O) groups is 1. The molecule has 148 valence electrons. The second kappa shape index (κ2) is 8.70. The number of carbonyl (C=O) groups excluding carboxylic acids is 1. The van der Waals surface area contributed by atoms with Crippen LogP contribution in [-0.4, -0.2) is 60.0 Å². The summed E-state index contributed by atoms with van der Waals surface area (Å²) in [7, 11) is 2.22. The van der Waals surface area contributed by atoms with E-state index in [0.29, 0.717) is 18.0 Å². The van der Waals surface area contributed by atoms with Gasteiger partial charge in [0, 0.05) is 44.3 Å². The molecule has 1 saturated heterocycles. The summed E-state index contributed by atoms with van der Waals surface area (Å²) in [5.41, 5.74) is 2.67. The van der Waals surface area contributed by atoms with Crippen molar-refractivity contribution in [3.8, 4) is 0 Å². The van der Waals surface area contributed by atoms with Crippen molar-refractivity contribution >= 4 is 5.91 Å². The fourth-order valence-corrected chi connectivity index (χ4v) is 5.24. The SMILES string of the molecule is CN(CC1CN(C(=O)C2CCCCC2)CCN1)C1CCCc2cccnc21. The molecule has 1 aromatic heterocycles. The normalized spacial score (nSPS) is 26.8. The molecule has 0 bridgehead atoms. The van der Waals surface area contributed by atoms with Gasteiger partial charge in [-0.1, -0.05) is 25.3 Å². The minimum absolute atomic E-state index is 0.282. The maximum Gasteiger partial charge on any atom is 0.225 e. The largest absolute Gasteiger partial charge is 0.340 e. The standard InChI is InChI=1S/C22H34N4O/c1-25(20-11-5-9-17-10-6-12-24-21(17)20)15-19-16-26(14-13-23-19)22(27)18-7-3-2-4-8-18/h6,10,12,18-20,23H,2-5,7-9,11,13-16H2,1H3. The summed E-state index contributed by atoms with van der Waals surface area (Å²) in [4.78, 5) is 22.2. The highest BCUT2D eigenvalue weighted by atomic mass is 16.2. The van der Waals surface area contributed by atoms with Gasteiger partial charge in [-0.05, 0) is 50.8 Å². The van der Waals surface area contributed by atoms with Crippen LogP contribution in [0.15, 0.2) is 18.3 Å². The topological polar surface area (TPSA) is 48.5 Å². The maximum atomic E-state index is 12.9. The van der Waals surface area contributed by atoms with Crippen molar-refractivity contribution in [2.75, 3.05) is 33.2 Å². The molecule has 2 unspecified atom stereocenters. The summed E-state index contributed by atoms with van der Waals surface area (Å²) in [6.45, 7) is 3.59. The maximum absolute atomic E-state index is 12.9. The number of nitrogens with one attached hydrogen (secondary N) is 1. The number of hydrogen-bond acceptors (Lipinski definition) is 4. The van der Waals surface area contributed by atoms with Crippen molar-refractivity contribution in [1.82, 2.24) is 20.1 Å². The number of rotatable bonds is 4. The molecule has 3 aliphatic rings.